The Bertz CT molecular complexity index is 1020. The highest BCUT2D eigenvalue weighted by atomic mass is 15.0. The van der Waals surface area contributed by atoms with E-state index in [2.05, 4.69) is 53.2 Å². The van der Waals surface area contributed by atoms with E-state index < -0.39 is 0 Å². The van der Waals surface area contributed by atoms with Crippen LogP contribution in [0.4, 0.5) is 0 Å². The predicted octanol–water partition coefficient (Wildman–Crippen LogP) is 4.90. The van der Waals surface area contributed by atoms with E-state index in [0.29, 0.717) is 0 Å². The summed E-state index contributed by atoms with van der Waals surface area (Å²) < 4.78 is 4.17. The maximum absolute atomic E-state index is 6.38. The van der Waals surface area contributed by atoms with Crippen molar-refractivity contribution in [2.24, 2.45) is 5.73 Å². The van der Waals surface area contributed by atoms with E-state index in [4.69, 9.17) is 5.73 Å². The summed E-state index contributed by atoms with van der Waals surface area (Å²) in [5.74, 6) is 0. The first-order chi connectivity index (χ1) is 14.1. The van der Waals surface area contributed by atoms with Crippen molar-refractivity contribution in [1.29, 1.82) is 0 Å². The van der Waals surface area contributed by atoms with Crippen molar-refractivity contribution in [2.75, 3.05) is 14.1 Å². The van der Waals surface area contributed by atoms with Crippen molar-refractivity contribution in [3.05, 3.63) is 126 Å². The van der Waals surface area contributed by atoms with E-state index in [0.717, 1.165) is 16.9 Å². The van der Waals surface area contributed by atoms with Gasteiger partial charge < -0.3 is 10.3 Å². The lowest BCUT2D eigenvalue weighted by molar-refractivity contribution is -0.458. The summed E-state index contributed by atoms with van der Waals surface area (Å²) in [6.07, 6.45) is 4.13. The molecule has 1 unspecified atom stereocenters. The highest BCUT2D eigenvalue weighted by molar-refractivity contribution is 5.75. The molecule has 0 saturated carbocycles. The Balaban J connectivity index is 0.000000204. The quantitative estimate of drug-likeness (QED) is 0.395. The lowest BCUT2D eigenvalue weighted by Crippen LogP contribution is -2.15. The SMILES string of the molecule is C[N+](C)=Cc1ccccc1.NC(c1ccccc1)c1cccn1-c1ccccc1. The van der Waals surface area contributed by atoms with E-state index in [1.807, 2.05) is 85.5 Å². The number of para-hydroxylation sites is 1. The molecule has 0 aliphatic heterocycles. The summed E-state index contributed by atoms with van der Waals surface area (Å²) in [4.78, 5) is 0. The highest BCUT2D eigenvalue weighted by Crippen LogP contribution is 2.22. The molecule has 0 saturated heterocycles. The van der Waals surface area contributed by atoms with Gasteiger partial charge >= 0.3 is 0 Å². The predicted molar refractivity (Wildman–Crippen MR) is 122 cm³/mol. The lowest BCUT2D eigenvalue weighted by atomic mass is 10.0. The molecule has 4 rings (SSSR count). The van der Waals surface area contributed by atoms with Crippen molar-refractivity contribution in [3.63, 3.8) is 0 Å². The van der Waals surface area contributed by atoms with Gasteiger partial charge in [-0.2, -0.15) is 0 Å². The molecule has 0 aliphatic rings. The molecule has 146 valence electrons. The molecule has 1 heterocycles. The summed E-state index contributed by atoms with van der Waals surface area (Å²) >= 11 is 0. The fourth-order valence-electron chi connectivity index (χ4n) is 3.14. The third-order valence-corrected chi connectivity index (χ3v) is 4.50. The maximum atomic E-state index is 6.38. The van der Waals surface area contributed by atoms with Gasteiger partial charge in [0, 0.05) is 23.1 Å². The Hall–Kier alpha value is -3.43. The molecular formula is C26H28N3+. The molecule has 0 amide bonds. The summed E-state index contributed by atoms with van der Waals surface area (Å²) in [6.45, 7) is 0. The second-order valence-corrected chi connectivity index (χ2v) is 7.03. The van der Waals surface area contributed by atoms with Gasteiger partial charge in [-0.15, -0.1) is 0 Å². The van der Waals surface area contributed by atoms with Crippen LogP contribution in [0.2, 0.25) is 0 Å². The molecule has 0 fully saturated rings. The van der Waals surface area contributed by atoms with Crippen LogP contribution in [0.5, 0.6) is 0 Å². The number of benzene rings is 3. The van der Waals surface area contributed by atoms with Crippen LogP contribution in [0.3, 0.4) is 0 Å². The summed E-state index contributed by atoms with van der Waals surface area (Å²) in [5, 5.41) is 0. The van der Waals surface area contributed by atoms with E-state index in [1.54, 1.807) is 0 Å². The van der Waals surface area contributed by atoms with Gasteiger partial charge in [-0.25, -0.2) is 4.58 Å². The second kappa shape index (κ2) is 10.2. The first-order valence-corrected chi connectivity index (χ1v) is 9.74. The summed E-state index contributed by atoms with van der Waals surface area (Å²) in [6, 6.07) is 34.7. The largest absolute Gasteiger partial charge is 0.319 e. The molecule has 0 spiro atoms. The zero-order valence-electron chi connectivity index (χ0n) is 17.0. The number of nitrogens with two attached hydrogens (primary N) is 1. The number of hydrogen-bond acceptors (Lipinski definition) is 1. The number of hydrogen-bond donors (Lipinski definition) is 1. The number of rotatable bonds is 4. The topological polar surface area (TPSA) is 34.0 Å². The van der Waals surface area contributed by atoms with Crippen LogP contribution in [-0.2, 0) is 0 Å². The first-order valence-electron chi connectivity index (χ1n) is 9.74. The number of aromatic nitrogens is 1. The van der Waals surface area contributed by atoms with E-state index in [1.165, 1.54) is 5.56 Å². The van der Waals surface area contributed by atoms with Crippen molar-refractivity contribution in [1.82, 2.24) is 4.57 Å². The van der Waals surface area contributed by atoms with Crippen LogP contribution in [0.1, 0.15) is 22.9 Å². The molecule has 3 aromatic carbocycles. The van der Waals surface area contributed by atoms with Gasteiger partial charge in [0.1, 0.15) is 14.1 Å². The van der Waals surface area contributed by atoms with Crippen LogP contribution in [-0.4, -0.2) is 29.5 Å². The second-order valence-electron chi connectivity index (χ2n) is 7.03. The Morgan fingerprint density at radius 2 is 1.28 bits per heavy atom. The number of nitrogens with zero attached hydrogens (tertiary/aromatic N) is 2. The van der Waals surface area contributed by atoms with Crippen LogP contribution in [0, 0.1) is 0 Å². The molecular weight excluding hydrogens is 354 g/mol. The van der Waals surface area contributed by atoms with Crippen LogP contribution < -0.4 is 5.73 Å². The molecule has 2 N–H and O–H groups in total. The molecule has 3 heteroatoms. The van der Waals surface area contributed by atoms with Gasteiger partial charge in [0.15, 0.2) is 6.21 Å². The Morgan fingerprint density at radius 3 is 1.86 bits per heavy atom. The summed E-state index contributed by atoms with van der Waals surface area (Å²) in [7, 11) is 4.04. The minimum Gasteiger partial charge on any atom is -0.319 e. The van der Waals surface area contributed by atoms with Crippen molar-refractivity contribution >= 4 is 6.21 Å². The van der Waals surface area contributed by atoms with Gasteiger partial charge in [-0.1, -0.05) is 66.7 Å². The summed E-state index contributed by atoms with van der Waals surface area (Å²) in [5.41, 5.74) is 11.0. The van der Waals surface area contributed by atoms with Crippen LogP contribution in [0.25, 0.3) is 5.69 Å². The third kappa shape index (κ3) is 5.77. The fourth-order valence-corrected chi connectivity index (χ4v) is 3.14. The normalized spacial score (nSPS) is 11.1. The van der Waals surface area contributed by atoms with Crippen LogP contribution in [0.15, 0.2) is 109 Å². The maximum Gasteiger partial charge on any atom is 0.170 e. The monoisotopic (exact) mass is 382 g/mol. The molecule has 1 aromatic heterocycles. The molecule has 29 heavy (non-hydrogen) atoms. The van der Waals surface area contributed by atoms with Crippen molar-refractivity contribution < 1.29 is 4.58 Å². The zero-order chi connectivity index (χ0) is 20.5. The third-order valence-electron chi connectivity index (χ3n) is 4.50. The van der Waals surface area contributed by atoms with Gasteiger partial charge in [0.2, 0.25) is 0 Å². The Morgan fingerprint density at radius 1 is 0.724 bits per heavy atom. The molecule has 0 aliphatic carbocycles. The molecule has 4 aromatic rings. The van der Waals surface area contributed by atoms with Gasteiger partial charge in [-0.3, -0.25) is 0 Å². The van der Waals surface area contributed by atoms with E-state index in [9.17, 15) is 0 Å². The highest BCUT2D eigenvalue weighted by Gasteiger charge is 2.13. The van der Waals surface area contributed by atoms with E-state index in [-0.39, 0.29) is 6.04 Å². The fraction of sp³-hybridized carbons (Fsp3) is 0.115. The van der Waals surface area contributed by atoms with Gasteiger partial charge in [-0.05, 0) is 42.0 Å². The molecule has 1 atom stereocenters. The van der Waals surface area contributed by atoms with Crippen molar-refractivity contribution in [3.8, 4) is 5.69 Å². The minimum absolute atomic E-state index is 0.114. The van der Waals surface area contributed by atoms with Gasteiger partial charge in [0.05, 0.1) is 6.04 Å². The average molecular weight is 383 g/mol. The van der Waals surface area contributed by atoms with Crippen LogP contribution >= 0.6 is 0 Å². The van der Waals surface area contributed by atoms with Crippen molar-refractivity contribution in [2.45, 2.75) is 6.04 Å². The van der Waals surface area contributed by atoms with E-state index >= 15 is 0 Å². The van der Waals surface area contributed by atoms with Gasteiger partial charge in [0.25, 0.3) is 0 Å². The zero-order valence-corrected chi connectivity index (χ0v) is 17.0. The Labute approximate surface area is 173 Å². The smallest absolute Gasteiger partial charge is 0.170 e. The standard InChI is InChI=1S/C17H16N2.C9H12N/c18-17(14-8-3-1-4-9-14)16-12-7-13-19(16)15-10-5-2-6-11-15;1-10(2)8-9-6-4-3-5-7-9/h1-13,17H,18H2;3-8H,1-2H3/q;+1. The minimum atomic E-state index is -0.114. The molecule has 0 bridgehead atoms. The average Bonchev–Trinajstić information content (AvgIpc) is 3.25. The molecule has 0 radical (unpaired) electrons. The lowest BCUT2D eigenvalue weighted by Gasteiger charge is -2.16. The molecule has 3 nitrogen and oxygen atoms in total. The first kappa shape index (κ1) is 20.3. The Kier molecular flexibility index (Phi) is 7.15.